The molecule has 0 fully saturated rings. The van der Waals surface area contributed by atoms with E-state index in [9.17, 15) is 18.0 Å². The highest BCUT2D eigenvalue weighted by atomic mass is 32.2. The van der Waals surface area contributed by atoms with Crippen LogP contribution in [0.3, 0.4) is 0 Å². The average Bonchev–Trinajstić information content (AvgIpc) is 2.72. The van der Waals surface area contributed by atoms with Gasteiger partial charge in [0, 0.05) is 11.6 Å². The molecule has 0 aromatic heterocycles. The van der Waals surface area contributed by atoms with Crippen LogP contribution in [-0.4, -0.2) is 40.1 Å². The van der Waals surface area contributed by atoms with Crippen molar-refractivity contribution in [3.8, 4) is 5.75 Å². The monoisotopic (exact) mass is 443 g/mol. The first-order valence-corrected chi connectivity index (χ1v) is 11.7. The van der Waals surface area contributed by atoms with Crippen LogP contribution >= 0.6 is 0 Å². The summed E-state index contributed by atoms with van der Waals surface area (Å²) in [6, 6.07) is 14.1. The van der Waals surface area contributed by atoms with E-state index in [2.05, 4.69) is 4.72 Å². The quantitative estimate of drug-likeness (QED) is 0.520. The number of ketones is 1. The molecule has 0 spiro atoms. The largest absolute Gasteiger partial charge is 0.497 e. The maximum Gasteiger partial charge on any atom is 0.317 e. The molecule has 0 aliphatic heterocycles. The second-order valence-electron chi connectivity index (χ2n) is 7.34. The number of hydrogen-bond acceptors (Lipinski definition) is 6. The number of rotatable bonds is 7. The Morgan fingerprint density at radius 3 is 2.29 bits per heavy atom. The summed E-state index contributed by atoms with van der Waals surface area (Å²) in [4.78, 5) is 25.5. The highest BCUT2D eigenvalue weighted by Gasteiger charge is 2.39. The number of ether oxygens (including phenoxy) is 2. The summed E-state index contributed by atoms with van der Waals surface area (Å²) < 4.78 is 35.6. The van der Waals surface area contributed by atoms with E-state index in [0.717, 1.165) is 23.0 Å². The maximum absolute atomic E-state index is 13.0. The molecule has 0 amide bonds. The Morgan fingerprint density at radius 2 is 1.74 bits per heavy atom. The molecular weight excluding hydrogens is 418 g/mol. The van der Waals surface area contributed by atoms with Crippen LogP contribution in [0.1, 0.15) is 30.4 Å². The van der Waals surface area contributed by atoms with Crippen LogP contribution in [0.15, 0.2) is 54.6 Å². The molecular formula is C23H25NO6S. The zero-order valence-electron chi connectivity index (χ0n) is 17.6. The lowest BCUT2D eigenvalue weighted by molar-refractivity contribution is -0.151. The van der Waals surface area contributed by atoms with Crippen molar-refractivity contribution in [1.29, 1.82) is 0 Å². The number of sulfonamides is 1. The van der Waals surface area contributed by atoms with Crippen LogP contribution < -0.4 is 9.46 Å². The first-order valence-electron chi connectivity index (χ1n) is 9.85. The Balaban J connectivity index is 1.95. The molecule has 0 saturated heterocycles. The molecule has 0 unspecified atom stereocenters. The van der Waals surface area contributed by atoms with Gasteiger partial charge in [0.05, 0.1) is 20.0 Å². The van der Waals surface area contributed by atoms with Crippen molar-refractivity contribution in [1.82, 2.24) is 0 Å². The third kappa shape index (κ3) is 5.52. The fourth-order valence-corrected chi connectivity index (χ4v) is 4.28. The van der Waals surface area contributed by atoms with Crippen molar-refractivity contribution >= 4 is 33.0 Å². The van der Waals surface area contributed by atoms with E-state index < -0.39 is 21.9 Å². The molecule has 0 bridgehead atoms. The predicted octanol–water partition coefficient (Wildman–Crippen LogP) is 3.39. The molecule has 8 heteroatoms. The molecule has 0 saturated carbocycles. The zero-order valence-corrected chi connectivity index (χ0v) is 18.4. The molecule has 31 heavy (non-hydrogen) atoms. The van der Waals surface area contributed by atoms with Crippen molar-refractivity contribution in [3.05, 3.63) is 65.7 Å². The van der Waals surface area contributed by atoms with E-state index in [1.54, 1.807) is 50.4 Å². The summed E-state index contributed by atoms with van der Waals surface area (Å²) in [7, 11) is -1.80. The first-order chi connectivity index (χ1) is 14.7. The molecule has 7 nitrogen and oxygen atoms in total. The van der Waals surface area contributed by atoms with Gasteiger partial charge < -0.3 is 9.47 Å². The molecule has 3 rings (SSSR count). The minimum atomic E-state index is -3.38. The molecule has 2 aromatic carbocycles. The van der Waals surface area contributed by atoms with Crippen LogP contribution in [0.5, 0.6) is 5.75 Å². The van der Waals surface area contributed by atoms with Gasteiger partial charge in [-0.2, -0.15) is 0 Å². The third-order valence-corrected chi connectivity index (χ3v) is 5.72. The van der Waals surface area contributed by atoms with Crippen LogP contribution in [0.2, 0.25) is 0 Å². The summed E-state index contributed by atoms with van der Waals surface area (Å²) in [5, 5.41) is 0. The normalized spacial score (nSPS) is 18.8. The summed E-state index contributed by atoms with van der Waals surface area (Å²) in [6.45, 7) is 1.91. The molecule has 0 heterocycles. The Labute approximate surface area is 182 Å². The van der Waals surface area contributed by atoms with Crippen molar-refractivity contribution in [2.75, 3.05) is 24.7 Å². The highest BCUT2D eigenvalue weighted by molar-refractivity contribution is 7.92. The van der Waals surface area contributed by atoms with Crippen molar-refractivity contribution in [2.24, 2.45) is 5.92 Å². The van der Waals surface area contributed by atoms with Crippen LogP contribution in [-0.2, 0) is 24.3 Å². The van der Waals surface area contributed by atoms with Gasteiger partial charge in [-0.05, 0) is 60.4 Å². The Bertz CT molecular complexity index is 1090. The lowest BCUT2D eigenvalue weighted by atomic mass is 9.73. The van der Waals surface area contributed by atoms with Crippen molar-refractivity contribution in [2.45, 2.75) is 19.3 Å². The SMILES string of the molecule is CCOC(=O)[C@H]1C(=O)C=C(c2ccc(NS(C)(=O)=O)cc2)C[C@@H]1c1ccc(OC)cc1. The lowest BCUT2D eigenvalue weighted by Gasteiger charge is -2.29. The van der Waals surface area contributed by atoms with Gasteiger partial charge in [0.25, 0.3) is 0 Å². The highest BCUT2D eigenvalue weighted by Crippen LogP contribution is 2.40. The topological polar surface area (TPSA) is 98.8 Å². The van der Waals surface area contributed by atoms with Gasteiger partial charge in [0.15, 0.2) is 5.78 Å². The first kappa shape index (κ1) is 22.6. The number of esters is 1. The Morgan fingerprint density at radius 1 is 1.10 bits per heavy atom. The van der Waals surface area contributed by atoms with E-state index in [-0.39, 0.29) is 18.3 Å². The van der Waals surface area contributed by atoms with E-state index in [1.807, 2.05) is 12.1 Å². The molecule has 164 valence electrons. The zero-order chi connectivity index (χ0) is 22.6. The second-order valence-corrected chi connectivity index (χ2v) is 9.09. The fourth-order valence-electron chi connectivity index (χ4n) is 3.71. The number of methoxy groups -OCH3 is 1. The minimum Gasteiger partial charge on any atom is -0.497 e. The number of benzene rings is 2. The number of allylic oxidation sites excluding steroid dienone is 2. The van der Waals surface area contributed by atoms with Gasteiger partial charge >= 0.3 is 5.97 Å². The van der Waals surface area contributed by atoms with Gasteiger partial charge in [-0.3, -0.25) is 14.3 Å². The smallest absolute Gasteiger partial charge is 0.317 e. The lowest BCUT2D eigenvalue weighted by Crippen LogP contribution is -2.34. The van der Waals surface area contributed by atoms with Gasteiger partial charge in [-0.1, -0.05) is 24.3 Å². The molecule has 1 aliphatic carbocycles. The standard InChI is InChI=1S/C23H25NO6S/c1-4-30-23(26)22-20(16-7-11-19(29-2)12-8-16)13-17(14-21(22)25)15-5-9-18(10-6-15)24-31(3,27)28/h5-12,14,20,22,24H,4,13H2,1-3H3/t20-,22-/m1/s1. The number of carbonyl (C=O) groups excluding carboxylic acids is 2. The number of hydrogen-bond donors (Lipinski definition) is 1. The van der Waals surface area contributed by atoms with E-state index >= 15 is 0 Å². The maximum atomic E-state index is 13.0. The summed E-state index contributed by atoms with van der Waals surface area (Å²) in [6.07, 6.45) is 3.03. The Hall–Kier alpha value is -3.13. The van der Waals surface area contributed by atoms with Gasteiger partial charge in [0.2, 0.25) is 10.0 Å². The Kier molecular flexibility index (Phi) is 6.80. The van der Waals surface area contributed by atoms with E-state index in [1.165, 1.54) is 6.08 Å². The molecule has 1 N–H and O–H groups in total. The van der Waals surface area contributed by atoms with E-state index in [0.29, 0.717) is 17.9 Å². The second kappa shape index (κ2) is 9.34. The fraction of sp³-hybridized carbons (Fsp3) is 0.304. The van der Waals surface area contributed by atoms with Crippen LogP contribution in [0.25, 0.3) is 5.57 Å². The average molecular weight is 444 g/mol. The van der Waals surface area contributed by atoms with Gasteiger partial charge in [-0.15, -0.1) is 0 Å². The summed E-state index contributed by atoms with van der Waals surface area (Å²) in [5.74, 6) is -1.45. The molecule has 2 aromatic rings. The minimum absolute atomic E-state index is 0.198. The predicted molar refractivity (Wildman–Crippen MR) is 118 cm³/mol. The molecule has 0 radical (unpaired) electrons. The van der Waals surface area contributed by atoms with E-state index in [4.69, 9.17) is 9.47 Å². The summed E-state index contributed by atoms with van der Waals surface area (Å²) in [5.41, 5.74) is 2.84. The van der Waals surface area contributed by atoms with Gasteiger partial charge in [-0.25, -0.2) is 8.42 Å². The third-order valence-electron chi connectivity index (χ3n) is 5.11. The number of carbonyl (C=O) groups is 2. The number of nitrogens with one attached hydrogen (secondary N) is 1. The van der Waals surface area contributed by atoms with Crippen molar-refractivity contribution < 1.29 is 27.5 Å². The van der Waals surface area contributed by atoms with Crippen LogP contribution in [0, 0.1) is 5.92 Å². The van der Waals surface area contributed by atoms with Crippen molar-refractivity contribution in [3.63, 3.8) is 0 Å². The molecule has 2 atom stereocenters. The number of anilines is 1. The van der Waals surface area contributed by atoms with Crippen LogP contribution in [0.4, 0.5) is 5.69 Å². The van der Waals surface area contributed by atoms with Gasteiger partial charge in [0.1, 0.15) is 11.7 Å². The molecule has 1 aliphatic rings. The summed E-state index contributed by atoms with van der Waals surface area (Å²) >= 11 is 0.